The van der Waals surface area contributed by atoms with E-state index in [1.54, 1.807) is 0 Å². The quantitative estimate of drug-likeness (QED) is 0.0946. The van der Waals surface area contributed by atoms with E-state index in [0.717, 1.165) is 55.7 Å². The van der Waals surface area contributed by atoms with Crippen molar-refractivity contribution in [2.24, 2.45) is 5.92 Å². The monoisotopic (exact) mass is 995 g/mol. The molecule has 0 saturated carbocycles. The molecule has 2 amide bonds. The van der Waals surface area contributed by atoms with Gasteiger partial charge in [0.2, 0.25) is 0 Å². The molecule has 380 valence electrons. The average molecular weight is 996 g/mol. The Hall–Kier alpha value is -7.35. The number of carbonyl (C=O) groups is 1. The zero-order valence-electron chi connectivity index (χ0n) is 42.5. The minimum Gasteiger partial charge on any atom is -0.488 e. The zero-order chi connectivity index (χ0) is 51.0. The van der Waals surface area contributed by atoms with Gasteiger partial charge in [-0.15, -0.1) is 0 Å². The molecule has 3 aliphatic heterocycles. The molecule has 3 saturated heterocycles. The summed E-state index contributed by atoms with van der Waals surface area (Å²) in [5, 5.41) is 9.00. The molecule has 4 heterocycles. The van der Waals surface area contributed by atoms with Crippen molar-refractivity contribution in [3.05, 3.63) is 193 Å². The highest BCUT2D eigenvalue weighted by Gasteiger charge is 2.58. The minimum atomic E-state index is -1.25. The topological polar surface area (TPSA) is 88.4 Å². The number of carbonyl (C=O) groups excluding carboxylic acids is 1. The lowest BCUT2D eigenvalue weighted by Gasteiger charge is -2.43. The van der Waals surface area contributed by atoms with E-state index >= 15 is 9.18 Å². The number of halogens is 2. The predicted octanol–water partition coefficient (Wildman–Crippen LogP) is 11.8. The Balaban J connectivity index is 0.797. The first-order valence-corrected chi connectivity index (χ1v) is 25.9. The summed E-state index contributed by atoms with van der Waals surface area (Å²) >= 11 is 0. The van der Waals surface area contributed by atoms with Crippen LogP contribution in [0.15, 0.2) is 164 Å². The Kier molecular flexibility index (Phi) is 13.6. The second-order valence-electron chi connectivity index (χ2n) is 20.9. The van der Waals surface area contributed by atoms with E-state index in [4.69, 9.17) is 14.2 Å². The Morgan fingerprint density at radius 3 is 1.82 bits per heavy atom. The number of ether oxygens (including phenoxy) is 3. The third kappa shape index (κ3) is 9.78. The van der Waals surface area contributed by atoms with Crippen LogP contribution >= 0.6 is 0 Å². The van der Waals surface area contributed by atoms with Crippen LogP contribution in [-0.2, 0) is 34.5 Å². The first-order chi connectivity index (χ1) is 35.9. The van der Waals surface area contributed by atoms with Gasteiger partial charge in [-0.1, -0.05) is 105 Å². The summed E-state index contributed by atoms with van der Waals surface area (Å²) in [6.07, 6.45) is 4.38. The molecule has 0 N–H and O–H groups in total. The third-order valence-corrected chi connectivity index (χ3v) is 15.2. The lowest BCUT2D eigenvalue weighted by molar-refractivity contribution is -0.117. The van der Waals surface area contributed by atoms with E-state index in [9.17, 15) is 4.39 Å². The second-order valence-corrected chi connectivity index (χ2v) is 20.9. The number of anilines is 3. The molecule has 0 radical (unpaired) electrons. The van der Waals surface area contributed by atoms with Crippen molar-refractivity contribution in [3.8, 4) is 5.75 Å². The van der Waals surface area contributed by atoms with E-state index in [2.05, 4.69) is 179 Å². The van der Waals surface area contributed by atoms with Gasteiger partial charge in [-0.2, -0.15) is 5.10 Å². The fraction of sp³-hybridized carbons (Fsp3) is 0.328. The van der Waals surface area contributed by atoms with Crippen molar-refractivity contribution >= 4 is 44.6 Å². The van der Waals surface area contributed by atoms with Crippen LogP contribution in [0.2, 0.25) is 0 Å². The van der Waals surface area contributed by atoms with Gasteiger partial charge in [-0.3, -0.25) is 4.90 Å². The molecule has 74 heavy (non-hydrogen) atoms. The molecule has 0 bridgehead atoms. The number of fused-ring (bicyclic) bond motifs is 2. The van der Waals surface area contributed by atoms with Gasteiger partial charge < -0.3 is 28.9 Å². The van der Waals surface area contributed by atoms with Gasteiger partial charge in [-0.25, -0.2) is 23.2 Å². The number of urea groups is 1. The summed E-state index contributed by atoms with van der Waals surface area (Å²) in [6, 6.07) is 50.9. The van der Waals surface area contributed by atoms with E-state index in [-0.39, 0.29) is 43.4 Å². The number of aromatic nitrogens is 3. The van der Waals surface area contributed by atoms with Gasteiger partial charge in [0.05, 0.1) is 24.7 Å². The van der Waals surface area contributed by atoms with E-state index in [1.807, 2.05) is 12.1 Å². The van der Waals surface area contributed by atoms with Crippen LogP contribution in [-0.4, -0.2) is 89.0 Å². The van der Waals surface area contributed by atoms with Crippen LogP contribution in [0, 0.1) is 17.6 Å². The van der Waals surface area contributed by atoms with Crippen molar-refractivity contribution in [1.82, 2.24) is 19.7 Å². The maximum Gasteiger partial charge on any atom is 0.325 e. The lowest BCUT2D eigenvalue weighted by atomic mass is 9.74. The highest BCUT2D eigenvalue weighted by Crippen LogP contribution is 2.46. The summed E-state index contributed by atoms with van der Waals surface area (Å²) in [6.45, 7) is 12.4. The number of nitrogens with zero attached hydrogens (tertiary/aromatic N) is 7. The fourth-order valence-corrected chi connectivity index (χ4v) is 11.8. The van der Waals surface area contributed by atoms with E-state index in [0.29, 0.717) is 24.5 Å². The average Bonchev–Trinajstić information content (AvgIpc) is 4.17. The summed E-state index contributed by atoms with van der Waals surface area (Å²) in [5.74, 6) is -0.391. The molecule has 11 rings (SSSR count). The number of benzene rings is 7. The Morgan fingerprint density at radius 2 is 1.27 bits per heavy atom. The number of amides is 2. The first kappa shape index (κ1) is 48.9. The smallest absolute Gasteiger partial charge is 0.325 e. The number of rotatable bonds is 16. The van der Waals surface area contributed by atoms with Crippen molar-refractivity contribution in [1.29, 1.82) is 0 Å². The van der Waals surface area contributed by atoms with Crippen molar-refractivity contribution in [3.63, 3.8) is 0 Å². The molecule has 13 heteroatoms. The maximum absolute atomic E-state index is 15.4. The summed E-state index contributed by atoms with van der Waals surface area (Å²) in [4.78, 5) is 28.5. The molecule has 11 nitrogen and oxygen atoms in total. The van der Waals surface area contributed by atoms with Crippen LogP contribution in [0.3, 0.4) is 0 Å². The van der Waals surface area contributed by atoms with Crippen LogP contribution in [0.25, 0.3) is 21.5 Å². The molecule has 0 aliphatic carbocycles. The molecule has 0 unspecified atom stereocenters. The highest BCUT2D eigenvalue weighted by atomic mass is 19.1. The predicted molar refractivity (Wildman–Crippen MR) is 288 cm³/mol. The number of piperazine rings is 1. The molecule has 3 fully saturated rings. The summed E-state index contributed by atoms with van der Waals surface area (Å²) in [5.41, 5.74) is 3.89. The Morgan fingerprint density at radius 1 is 0.689 bits per heavy atom. The standard InChI is InChI=1S/C61H63F2N7O4/c1-42(2)31-57-60(35-44-13-15-46-9-5-7-11-48(46)32-44,36-45-14-16-47-10-6-8-12-49(47)33-45)70(59(71)69(57)43(3)4)53-20-18-51(19-21-53)66-27-29-67(30-28-66)52-22-24-54(25-23-52)72-37-58-73-39-61(74-58,38-68-41-64-40-65-68)55-26-17-50(62)34-56(55)63/h5-26,32-34,40-43,57-58H,27-31,35-39H2,1-4H3/t57-,58-,61+/m0/s1. The summed E-state index contributed by atoms with van der Waals surface area (Å²) in [7, 11) is 0. The molecular weight excluding hydrogens is 933 g/mol. The van der Waals surface area contributed by atoms with Crippen LogP contribution in [0.1, 0.15) is 50.8 Å². The van der Waals surface area contributed by atoms with Gasteiger partial charge in [0.25, 0.3) is 0 Å². The number of hydrogen-bond donors (Lipinski definition) is 0. The minimum absolute atomic E-state index is 0.00529. The molecule has 0 spiro atoms. The van der Waals surface area contributed by atoms with Gasteiger partial charge in [0.15, 0.2) is 6.29 Å². The molecule has 1 aromatic heterocycles. The zero-order valence-corrected chi connectivity index (χ0v) is 42.5. The van der Waals surface area contributed by atoms with Gasteiger partial charge in [-0.05, 0) is 126 Å². The Bertz CT molecular complexity index is 3150. The first-order valence-electron chi connectivity index (χ1n) is 25.9. The highest BCUT2D eigenvalue weighted by molar-refractivity contribution is 5.98. The van der Waals surface area contributed by atoms with E-state index in [1.165, 1.54) is 62.1 Å². The third-order valence-electron chi connectivity index (χ3n) is 15.2. The SMILES string of the molecule is CC(C)C[C@@H]1N(C(C)C)C(=O)N(c2ccc(N3CCN(c4ccc(OC[C@H]5OC[C@](Cn6cncn6)(c6ccc(F)cc6F)O5)cc4)CC3)cc2)C1(Cc1ccc2ccccc2c1)Cc1ccc2ccccc2c1. The maximum atomic E-state index is 15.4. The molecular formula is C61H63F2N7O4. The molecule has 3 aliphatic rings. The van der Waals surface area contributed by atoms with Crippen molar-refractivity contribution in [2.75, 3.05) is 54.1 Å². The van der Waals surface area contributed by atoms with E-state index < -0.39 is 29.1 Å². The normalized spacial score (nSPS) is 20.0. The summed E-state index contributed by atoms with van der Waals surface area (Å²) < 4.78 is 49.0. The fourth-order valence-electron chi connectivity index (χ4n) is 11.8. The van der Waals surface area contributed by atoms with Crippen LogP contribution in [0.4, 0.5) is 30.6 Å². The van der Waals surface area contributed by atoms with Crippen LogP contribution in [0.5, 0.6) is 5.75 Å². The second kappa shape index (κ2) is 20.5. The number of hydrogen-bond acceptors (Lipinski definition) is 8. The largest absolute Gasteiger partial charge is 0.488 e. The molecule has 7 aromatic carbocycles. The molecule has 8 aromatic rings. The molecule has 3 atom stereocenters. The van der Waals surface area contributed by atoms with Gasteiger partial charge >= 0.3 is 6.03 Å². The van der Waals surface area contributed by atoms with Gasteiger partial charge in [0, 0.05) is 60.9 Å². The van der Waals surface area contributed by atoms with Crippen molar-refractivity contribution in [2.45, 2.75) is 83.0 Å². The Labute approximate surface area is 431 Å². The van der Waals surface area contributed by atoms with Crippen molar-refractivity contribution < 1.29 is 27.8 Å². The van der Waals surface area contributed by atoms with Gasteiger partial charge in [0.1, 0.15) is 42.2 Å². The lowest BCUT2D eigenvalue weighted by Crippen LogP contribution is -2.56. The van der Waals surface area contributed by atoms with Crippen LogP contribution < -0.4 is 19.4 Å².